The topological polar surface area (TPSA) is 59.8 Å². The highest BCUT2D eigenvalue weighted by Crippen LogP contribution is 2.39. The van der Waals surface area contributed by atoms with Crippen molar-refractivity contribution in [2.45, 2.75) is 25.3 Å². The van der Waals surface area contributed by atoms with E-state index in [9.17, 15) is 9.18 Å². The number of carbonyl (C=O) groups excluding carboxylic acids is 1. The van der Waals surface area contributed by atoms with Crippen LogP contribution in [-0.2, 0) is 11.3 Å². The normalized spacial score (nSPS) is 13.4. The first-order valence-corrected chi connectivity index (χ1v) is 8.85. The standard InChI is InChI=1S/C21H19FN4O/c1-2-21(27)24-13-16-12-23-19(15-5-7-17(22)8-6-15)11-20(16)26-10-9-18(25-26)14-3-4-14/h2,5-12,14H,1,3-4,13H2,(H,24,27). The zero-order chi connectivity index (χ0) is 18.8. The van der Waals surface area contributed by atoms with Crippen molar-refractivity contribution < 1.29 is 9.18 Å². The van der Waals surface area contributed by atoms with E-state index < -0.39 is 0 Å². The number of nitrogens with one attached hydrogen (secondary N) is 1. The maximum Gasteiger partial charge on any atom is 0.243 e. The number of benzene rings is 1. The Morgan fingerprint density at radius 3 is 2.78 bits per heavy atom. The van der Waals surface area contributed by atoms with Crippen LogP contribution in [0.1, 0.15) is 30.0 Å². The van der Waals surface area contributed by atoms with Crippen LogP contribution in [0, 0.1) is 5.82 Å². The van der Waals surface area contributed by atoms with Gasteiger partial charge in [0.25, 0.3) is 0 Å². The molecule has 1 saturated carbocycles. The summed E-state index contributed by atoms with van der Waals surface area (Å²) in [5.41, 5.74) is 4.28. The van der Waals surface area contributed by atoms with E-state index in [1.165, 1.54) is 31.1 Å². The van der Waals surface area contributed by atoms with Crippen molar-refractivity contribution in [1.29, 1.82) is 0 Å². The number of pyridine rings is 1. The van der Waals surface area contributed by atoms with Crippen LogP contribution < -0.4 is 5.32 Å². The monoisotopic (exact) mass is 362 g/mol. The molecule has 0 radical (unpaired) electrons. The lowest BCUT2D eigenvalue weighted by molar-refractivity contribution is -0.116. The average Bonchev–Trinajstić information content (AvgIpc) is 3.43. The molecule has 0 bridgehead atoms. The number of amides is 1. The van der Waals surface area contributed by atoms with Crippen molar-refractivity contribution in [3.8, 4) is 16.9 Å². The Bertz CT molecular complexity index is 990. The molecular weight excluding hydrogens is 343 g/mol. The molecule has 2 aromatic heterocycles. The van der Waals surface area contributed by atoms with Gasteiger partial charge in [0, 0.05) is 36.0 Å². The molecule has 0 spiro atoms. The molecule has 0 atom stereocenters. The van der Waals surface area contributed by atoms with E-state index in [2.05, 4.69) is 16.9 Å². The second-order valence-electron chi connectivity index (χ2n) is 6.59. The number of rotatable bonds is 6. The smallest absolute Gasteiger partial charge is 0.243 e. The molecular formula is C21H19FN4O. The summed E-state index contributed by atoms with van der Waals surface area (Å²) in [6, 6.07) is 10.1. The van der Waals surface area contributed by atoms with E-state index in [0.29, 0.717) is 18.2 Å². The first-order chi connectivity index (χ1) is 13.1. The van der Waals surface area contributed by atoms with Crippen LogP contribution in [0.3, 0.4) is 0 Å². The van der Waals surface area contributed by atoms with Crippen molar-refractivity contribution in [2.75, 3.05) is 0 Å². The predicted molar refractivity (Wildman–Crippen MR) is 101 cm³/mol. The van der Waals surface area contributed by atoms with E-state index in [1.54, 1.807) is 18.3 Å². The summed E-state index contributed by atoms with van der Waals surface area (Å²) < 4.78 is 15.0. The minimum atomic E-state index is -0.288. The number of carbonyl (C=O) groups is 1. The summed E-state index contributed by atoms with van der Waals surface area (Å²) in [6.45, 7) is 3.78. The molecule has 2 heterocycles. The lowest BCUT2D eigenvalue weighted by atomic mass is 10.1. The first kappa shape index (κ1) is 17.1. The van der Waals surface area contributed by atoms with Gasteiger partial charge in [-0.05, 0) is 55.3 Å². The molecule has 0 unspecified atom stereocenters. The van der Waals surface area contributed by atoms with Gasteiger partial charge in [-0.25, -0.2) is 9.07 Å². The zero-order valence-electron chi connectivity index (χ0n) is 14.7. The largest absolute Gasteiger partial charge is 0.348 e. The van der Waals surface area contributed by atoms with E-state index in [1.807, 2.05) is 23.0 Å². The molecule has 136 valence electrons. The molecule has 27 heavy (non-hydrogen) atoms. The van der Waals surface area contributed by atoms with E-state index in [4.69, 9.17) is 5.10 Å². The fourth-order valence-corrected chi connectivity index (χ4v) is 2.92. The fourth-order valence-electron chi connectivity index (χ4n) is 2.92. The van der Waals surface area contributed by atoms with Crippen LogP contribution in [-0.4, -0.2) is 20.7 Å². The van der Waals surface area contributed by atoms with Gasteiger partial charge in [0.05, 0.1) is 17.1 Å². The van der Waals surface area contributed by atoms with Crippen molar-refractivity contribution in [1.82, 2.24) is 20.1 Å². The van der Waals surface area contributed by atoms with Crippen LogP contribution >= 0.6 is 0 Å². The van der Waals surface area contributed by atoms with Gasteiger partial charge in [-0.2, -0.15) is 5.10 Å². The second kappa shape index (κ2) is 7.15. The summed E-state index contributed by atoms with van der Waals surface area (Å²) in [4.78, 5) is 16.0. The first-order valence-electron chi connectivity index (χ1n) is 8.85. The van der Waals surface area contributed by atoms with Gasteiger partial charge in [0.2, 0.25) is 5.91 Å². The van der Waals surface area contributed by atoms with Gasteiger partial charge in [-0.15, -0.1) is 0 Å². The highest BCUT2D eigenvalue weighted by atomic mass is 19.1. The highest BCUT2D eigenvalue weighted by molar-refractivity contribution is 5.86. The molecule has 0 saturated heterocycles. The average molecular weight is 362 g/mol. The molecule has 1 aliphatic rings. The van der Waals surface area contributed by atoms with Crippen molar-refractivity contribution in [3.63, 3.8) is 0 Å². The third-order valence-electron chi connectivity index (χ3n) is 4.59. The Morgan fingerprint density at radius 2 is 2.07 bits per heavy atom. The third-order valence-corrected chi connectivity index (χ3v) is 4.59. The maximum atomic E-state index is 13.2. The number of aromatic nitrogens is 3. The van der Waals surface area contributed by atoms with Crippen LogP contribution in [0.2, 0.25) is 0 Å². The summed E-state index contributed by atoms with van der Waals surface area (Å²) in [6.07, 6.45) is 7.23. The Balaban J connectivity index is 1.72. The quantitative estimate of drug-likeness (QED) is 0.680. The van der Waals surface area contributed by atoms with Gasteiger partial charge in [-0.1, -0.05) is 6.58 Å². The van der Waals surface area contributed by atoms with Gasteiger partial charge in [0.15, 0.2) is 0 Å². The summed E-state index contributed by atoms with van der Waals surface area (Å²) >= 11 is 0. The van der Waals surface area contributed by atoms with Gasteiger partial charge >= 0.3 is 0 Å². The maximum absolute atomic E-state index is 13.2. The summed E-state index contributed by atoms with van der Waals surface area (Å²) in [5.74, 6) is 0.0140. The number of nitrogens with zero attached hydrogens (tertiary/aromatic N) is 3. The molecule has 1 fully saturated rings. The fraction of sp³-hybridized carbons (Fsp3) is 0.190. The Morgan fingerprint density at radius 1 is 1.30 bits per heavy atom. The predicted octanol–water partition coefficient (Wildman–Crippen LogP) is 3.75. The summed E-state index contributed by atoms with van der Waals surface area (Å²) in [7, 11) is 0. The van der Waals surface area contributed by atoms with E-state index in [-0.39, 0.29) is 11.7 Å². The van der Waals surface area contributed by atoms with Gasteiger partial charge in [0.1, 0.15) is 5.82 Å². The lowest BCUT2D eigenvalue weighted by Crippen LogP contribution is -2.21. The van der Waals surface area contributed by atoms with Crippen molar-refractivity contribution in [2.24, 2.45) is 0 Å². The molecule has 3 aromatic rings. The highest BCUT2D eigenvalue weighted by Gasteiger charge is 2.26. The zero-order valence-corrected chi connectivity index (χ0v) is 14.7. The molecule has 4 rings (SSSR count). The molecule has 1 amide bonds. The van der Waals surface area contributed by atoms with E-state index in [0.717, 1.165) is 22.5 Å². The molecule has 0 aliphatic heterocycles. The van der Waals surface area contributed by atoms with Crippen molar-refractivity contribution in [3.05, 3.63) is 78.5 Å². The molecule has 1 aromatic carbocycles. The Labute approximate surface area is 156 Å². The minimum absolute atomic E-state index is 0.248. The van der Waals surface area contributed by atoms with Crippen LogP contribution in [0.15, 0.2) is 61.4 Å². The lowest BCUT2D eigenvalue weighted by Gasteiger charge is -2.12. The molecule has 1 N–H and O–H groups in total. The van der Waals surface area contributed by atoms with Crippen molar-refractivity contribution >= 4 is 5.91 Å². The van der Waals surface area contributed by atoms with E-state index >= 15 is 0 Å². The molecule has 5 nitrogen and oxygen atoms in total. The summed E-state index contributed by atoms with van der Waals surface area (Å²) in [5, 5.41) is 7.48. The van der Waals surface area contributed by atoms with Crippen LogP contribution in [0.25, 0.3) is 16.9 Å². The van der Waals surface area contributed by atoms with Gasteiger partial charge in [-0.3, -0.25) is 9.78 Å². The van der Waals surface area contributed by atoms with Crippen LogP contribution in [0.5, 0.6) is 0 Å². The molecule has 1 aliphatic carbocycles. The van der Waals surface area contributed by atoms with Crippen LogP contribution in [0.4, 0.5) is 4.39 Å². The minimum Gasteiger partial charge on any atom is -0.348 e. The Hall–Kier alpha value is -3.28. The van der Waals surface area contributed by atoms with Gasteiger partial charge < -0.3 is 5.32 Å². The second-order valence-corrected chi connectivity index (χ2v) is 6.59. The number of hydrogen-bond donors (Lipinski definition) is 1. The molecule has 6 heteroatoms. The number of hydrogen-bond acceptors (Lipinski definition) is 3. The third kappa shape index (κ3) is 3.79. The number of halogens is 1. The Kier molecular flexibility index (Phi) is 4.54. The SMILES string of the molecule is C=CC(=O)NCc1cnc(-c2ccc(F)cc2)cc1-n1ccc(C2CC2)n1.